The Balaban J connectivity index is 0.000000212. The molecule has 0 spiro atoms. The van der Waals surface area contributed by atoms with Gasteiger partial charge in [0.05, 0.1) is 19.3 Å². The Morgan fingerprint density at radius 1 is 1.45 bits per heavy atom. The van der Waals surface area contributed by atoms with E-state index in [9.17, 15) is 24.6 Å². The van der Waals surface area contributed by atoms with Gasteiger partial charge in [-0.15, -0.1) is 0 Å². The lowest BCUT2D eigenvalue weighted by molar-refractivity contribution is -0.0459. The number of nitrogens with one attached hydrogen (secondary N) is 2. The summed E-state index contributed by atoms with van der Waals surface area (Å²) >= 11 is 0. The van der Waals surface area contributed by atoms with Gasteiger partial charge in [0.25, 0.3) is 5.56 Å². The van der Waals surface area contributed by atoms with E-state index >= 15 is 0 Å². The van der Waals surface area contributed by atoms with Crippen LogP contribution in [0.15, 0.2) is 46.2 Å². The Morgan fingerprint density at radius 2 is 2.21 bits per heavy atom. The summed E-state index contributed by atoms with van der Waals surface area (Å²) in [5.41, 5.74) is -2.37. The second-order valence-corrected chi connectivity index (χ2v) is 6.39. The molecule has 0 bridgehead atoms. The number of aromatic nitrogens is 2. The zero-order valence-electron chi connectivity index (χ0n) is 15.9. The quantitative estimate of drug-likeness (QED) is 0.399. The van der Waals surface area contributed by atoms with E-state index in [-0.39, 0.29) is 13.0 Å². The molecule has 11 nitrogen and oxygen atoms in total. The van der Waals surface area contributed by atoms with Gasteiger partial charge in [0, 0.05) is 25.1 Å². The summed E-state index contributed by atoms with van der Waals surface area (Å²) in [6, 6.07) is 1.20. The van der Waals surface area contributed by atoms with E-state index in [0.717, 1.165) is 0 Å². The van der Waals surface area contributed by atoms with Gasteiger partial charge >= 0.3 is 11.8 Å². The third-order valence-corrected chi connectivity index (χ3v) is 4.19. The maximum atomic E-state index is 11.4. The number of hydrogen-bond acceptors (Lipinski definition) is 8. The van der Waals surface area contributed by atoms with Crippen molar-refractivity contribution in [3.05, 3.63) is 57.4 Å². The van der Waals surface area contributed by atoms with Crippen LogP contribution in [0.1, 0.15) is 26.0 Å². The average Bonchev–Trinajstić information content (AvgIpc) is 3.03. The highest BCUT2D eigenvalue weighted by molar-refractivity contribution is 5.68. The normalized spacial score (nSPS) is 27.8. The van der Waals surface area contributed by atoms with Crippen LogP contribution in [0, 0.1) is 0 Å². The Kier molecular flexibility index (Phi) is 7.91. The molecule has 2 heterocycles. The van der Waals surface area contributed by atoms with Crippen molar-refractivity contribution in [3.63, 3.8) is 0 Å². The van der Waals surface area contributed by atoms with Crippen LogP contribution >= 0.6 is 0 Å². The second-order valence-electron chi connectivity index (χ2n) is 6.39. The molecule has 1 aliphatic heterocycles. The number of aliphatic hydroxyl groups excluding tert-OH is 2. The largest absolute Gasteiger partial charge is 0.450 e. The van der Waals surface area contributed by atoms with Crippen LogP contribution in [0.2, 0.25) is 0 Å². The maximum Gasteiger partial charge on any atom is 0.409 e. The fourth-order valence-corrected chi connectivity index (χ4v) is 2.75. The lowest BCUT2D eigenvalue weighted by atomic mass is 10.1. The summed E-state index contributed by atoms with van der Waals surface area (Å²) in [5.74, 6) is 0. The average molecular weight is 411 g/mol. The Morgan fingerprint density at radius 3 is 2.76 bits per heavy atom. The predicted octanol–water partition coefficient (Wildman–Crippen LogP) is -0.885. The smallest absolute Gasteiger partial charge is 0.409 e. The van der Waals surface area contributed by atoms with E-state index in [4.69, 9.17) is 9.84 Å². The van der Waals surface area contributed by atoms with Crippen molar-refractivity contribution in [3.8, 4) is 0 Å². The molecule has 5 N–H and O–H groups in total. The minimum atomic E-state index is -1.29. The highest BCUT2D eigenvalue weighted by atomic mass is 16.6. The molecule has 1 unspecified atom stereocenters. The summed E-state index contributed by atoms with van der Waals surface area (Å²) in [6.45, 7) is 1.69. The number of allylic oxidation sites excluding steroid dienone is 2. The van der Waals surface area contributed by atoms with Gasteiger partial charge < -0.3 is 24.8 Å². The molecule has 1 fully saturated rings. The van der Waals surface area contributed by atoms with Gasteiger partial charge in [-0.05, 0) is 13.0 Å². The van der Waals surface area contributed by atoms with Crippen molar-refractivity contribution in [1.82, 2.24) is 14.9 Å². The molecule has 1 saturated heterocycles. The first-order valence-corrected chi connectivity index (χ1v) is 9.05. The van der Waals surface area contributed by atoms with Gasteiger partial charge in [0.1, 0.15) is 12.3 Å². The van der Waals surface area contributed by atoms with Crippen molar-refractivity contribution < 1.29 is 29.6 Å². The molecule has 1 aromatic heterocycles. The molecular weight excluding hydrogens is 386 g/mol. The monoisotopic (exact) mass is 411 g/mol. The SMILES string of the molecule is CCOC(=O)NC1(O)C=CC=CC1.O=c1ccn([C@H]2C[C@H](O)[C@@H](CO)O2)c(=O)[nH]1. The topological polar surface area (TPSA) is 163 Å². The van der Waals surface area contributed by atoms with Gasteiger partial charge in [0.15, 0.2) is 5.72 Å². The predicted molar refractivity (Wildman–Crippen MR) is 101 cm³/mol. The highest BCUT2D eigenvalue weighted by Crippen LogP contribution is 2.26. The first kappa shape index (κ1) is 22.6. The zero-order chi connectivity index (χ0) is 21.4. The molecule has 0 aromatic carbocycles. The maximum absolute atomic E-state index is 11.4. The van der Waals surface area contributed by atoms with Crippen LogP contribution in [0.25, 0.3) is 0 Å². The van der Waals surface area contributed by atoms with Crippen LogP contribution in [-0.4, -0.2) is 62.1 Å². The number of rotatable bonds is 4. The molecule has 2 aliphatic rings. The van der Waals surface area contributed by atoms with Crippen LogP contribution < -0.4 is 16.6 Å². The summed E-state index contributed by atoms with van der Waals surface area (Å²) in [7, 11) is 0. The third-order valence-electron chi connectivity index (χ3n) is 4.19. The third kappa shape index (κ3) is 6.39. The summed E-state index contributed by atoms with van der Waals surface area (Å²) < 4.78 is 11.1. The number of aliphatic hydroxyl groups is 3. The van der Waals surface area contributed by atoms with E-state index in [0.29, 0.717) is 13.0 Å². The number of amides is 1. The fraction of sp³-hybridized carbons (Fsp3) is 0.500. The molecule has 3 rings (SSSR count). The van der Waals surface area contributed by atoms with Gasteiger partial charge in [-0.25, -0.2) is 9.59 Å². The number of alkyl carbamates (subject to hydrolysis) is 1. The molecule has 0 saturated carbocycles. The molecular formula is C18H25N3O8. The lowest BCUT2D eigenvalue weighted by Gasteiger charge is -2.25. The minimum absolute atomic E-state index is 0.206. The van der Waals surface area contributed by atoms with Crippen LogP contribution in [0.3, 0.4) is 0 Å². The Labute approximate surface area is 165 Å². The Hall–Kier alpha value is -2.73. The number of nitrogens with zero attached hydrogens (tertiary/aromatic N) is 1. The zero-order valence-corrected chi connectivity index (χ0v) is 15.9. The molecule has 160 valence electrons. The van der Waals surface area contributed by atoms with Crippen molar-refractivity contribution in [2.24, 2.45) is 0 Å². The number of H-pyrrole nitrogens is 1. The first-order chi connectivity index (χ1) is 13.8. The van der Waals surface area contributed by atoms with Crippen molar-refractivity contribution >= 4 is 6.09 Å². The number of ether oxygens (including phenoxy) is 2. The van der Waals surface area contributed by atoms with Crippen molar-refractivity contribution in [2.45, 2.75) is 43.9 Å². The lowest BCUT2D eigenvalue weighted by Crippen LogP contribution is -2.47. The number of aromatic amines is 1. The van der Waals surface area contributed by atoms with Gasteiger partial charge in [-0.2, -0.15) is 0 Å². The van der Waals surface area contributed by atoms with E-state index in [2.05, 4.69) is 15.0 Å². The molecule has 1 aliphatic carbocycles. The molecule has 1 aromatic rings. The summed E-state index contributed by atoms with van der Waals surface area (Å²) in [4.78, 5) is 35.3. The fourth-order valence-electron chi connectivity index (χ4n) is 2.75. The van der Waals surface area contributed by atoms with Gasteiger partial charge in [-0.1, -0.05) is 18.2 Å². The van der Waals surface area contributed by atoms with Crippen molar-refractivity contribution in [2.75, 3.05) is 13.2 Å². The van der Waals surface area contributed by atoms with E-state index < -0.39 is 41.5 Å². The van der Waals surface area contributed by atoms with Crippen LogP contribution in [0.4, 0.5) is 4.79 Å². The minimum Gasteiger partial charge on any atom is -0.450 e. The van der Waals surface area contributed by atoms with Gasteiger partial charge in [0.2, 0.25) is 0 Å². The molecule has 1 amide bonds. The highest BCUT2D eigenvalue weighted by Gasteiger charge is 2.34. The van der Waals surface area contributed by atoms with E-state index in [1.807, 2.05) is 0 Å². The van der Waals surface area contributed by atoms with Crippen LogP contribution in [-0.2, 0) is 9.47 Å². The first-order valence-electron chi connectivity index (χ1n) is 9.05. The summed E-state index contributed by atoms with van der Waals surface area (Å²) in [6.07, 6.45) is 5.88. The van der Waals surface area contributed by atoms with Crippen LogP contribution in [0.5, 0.6) is 0 Å². The number of hydrogen-bond donors (Lipinski definition) is 5. The van der Waals surface area contributed by atoms with E-state index in [1.54, 1.807) is 25.2 Å². The molecule has 0 radical (unpaired) electrons. The summed E-state index contributed by atoms with van der Waals surface area (Å²) in [5, 5.41) is 30.4. The Bertz CT molecular complexity index is 861. The molecule has 29 heavy (non-hydrogen) atoms. The standard InChI is InChI=1S/C9H12N2O5.C9H13NO3/c12-4-6-5(13)3-8(16-6)11-2-1-7(14)10-9(11)15;1-2-13-8(11)10-9(12)6-4-3-5-7-9/h1-2,5-6,8,12-13H,3-4H2,(H,10,14,15);3-6,12H,2,7H2,1H3,(H,10,11)/t5-,6+,8+;/m0./s1. The molecule has 4 atom stereocenters. The number of carbonyl (C=O) groups is 1. The van der Waals surface area contributed by atoms with Gasteiger partial charge in [-0.3, -0.25) is 19.7 Å². The number of carbonyl (C=O) groups excluding carboxylic acids is 1. The van der Waals surface area contributed by atoms with E-state index in [1.165, 1.54) is 22.9 Å². The molecule has 11 heteroatoms. The second kappa shape index (κ2) is 10.2. The van der Waals surface area contributed by atoms with Crippen molar-refractivity contribution in [1.29, 1.82) is 0 Å².